The molecule has 0 aliphatic carbocycles. The molecule has 3 heteroatoms. The van der Waals surface area contributed by atoms with Gasteiger partial charge in [-0.25, -0.2) is 0 Å². The van der Waals surface area contributed by atoms with Gasteiger partial charge < -0.3 is 4.55 Å². The molecule has 5 heavy (non-hydrogen) atoms. The first-order chi connectivity index (χ1) is 1.73. The van der Waals surface area contributed by atoms with Crippen LogP contribution in [0.25, 0.3) is 0 Å². The van der Waals surface area contributed by atoms with Crippen LogP contribution in [0.4, 0.5) is 0 Å². The Morgan fingerprint density at radius 1 is 1.40 bits per heavy atom. The van der Waals surface area contributed by atoms with Gasteiger partial charge in [0.15, 0.2) is 0 Å². The molecule has 0 N–H and O–H groups in total. The van der Waals surface area contributed by atoms with Gasteiger partial charge >= 0.3 is 37.7 Å². The Hall–Kier alpha value is 1.57. The van der Waals surface area contributed by atoms with Crippen molar-refractivity contribution in [3.63, 3.8) is 0 Å². The van der Waals surface area contributed by atoms with Gasteiger partial charge in [0, 0.05) is 0 Å². The van der Waals surface area contributed by atoms with E-state index in [-0.39, 0.29) is 37.7 Å². The molecule has 0 fully saturated rings. The molecule has 0 aromatic heterocycles. The molecule has 0 saturated carbocycles. The second-order valence-electron chi connectivity index (χ2n) is 0.742. The molecule has 0 unspecified atom stereocenters. The summed E-state index contributed by atoms with van der Waals surface area (Å²) in [4.78, 5) is 0. The molecular weight excluding hydrogens is 112 g/mol. The third-order valence-electron chi connectivity index (χ3n) is 0. The summed E-state index contributed by atoms with van der Waals surface area (Å²) in [6.45, 7) is 0. The Morgan fingerprint density at radius 3 is 1.40 bits per heavy atom. The summed E-state index contributed by atoms with van der Waals surface area (Å²) in [5.74, 6) is 0. The van der Waals surface area contributed by atoms with Crippen molar-refractivity contribution in [1.82, 2.24) is 0 Å². The fraction of sp³-hybridized carbons (Fsp3) is 1.00. The summed E-state index contributed by atoms with van der Waals surface area (Å²) in [7, 11) is 0. The van der Waals surface area contributed by atoms with E-state index >= 15 is 0 Å². The normalized spacial score (nSPS) is 7.20. The van der Waals surface area contributed by atoms with Gasteiger partial charge in [-0.1, -0.05) is 11.2 Å². The summed E-state index contributed by atoms with van der Waals surface area (Å²) in [5, 5.41) is 0. The van der Waals surface area contributed by atoms with Gasteiger partial charge in [0.05, 0.1) is 12.5 Å². The van der Waals surface area contributed by atoms with E-state index < -0.39 is 11.2 Å². The fourth-order valence-corrected chi connectivity index (χ4v) is 0. The van der Waals surface area contributed by atoms with Crippen LogP contribution in [0.3, 0.4) is 0 Å². The van der Waals surface area contributed by atoms with Crippen LogP contribution >= 0.6 is 0 Å². The van der Waals surface area contributed by atoms with E-state index in [9.17, 15) is 4.55 Å². The zero-order chi connectivity index (χ0) is 3.58. The Bertz CT molecular complexity index is 14.4. The van der Waals surface area contributed by atoms with Gasteiger partial charge in [-0.15, -0.1) is 0 Å². The fourth-order valence-electron chi connectivity index (χ4n) is 0. The predicted molar refractivity (Wildman–Crippen MR) is 28.5 cm³/mol. The monoisotopic (exact) mass is 120 g/mol. The number of rotatable bonds is 0. The van der Waals surface area contributed by atoms with Crippen molar-refractivity contribution in [2.24, 2.45) is 0 Å². The van der Waals surface area contributed by atoms with Gasteiger partial charge in [0.1, 0.15) is 0 Å². The molecule has 1 nitrogen and oxygen atoms in total. The average molecular weight is 120 g/mol. The molecule has 0 aliphatic heterocycles. The Balaban J connectivity index is 0. The van der Waals surface area contributed by atoms with Crippen molar-refractivity contribution >= 4 is 48.9 Å². The predicted octanol–water partition coefficient (Wildman–Crippen LogP) is -0.921. The number of hydrogen-bond acceptors (Lipinski definition) is 1. The van der Waals surface area contributed by atoms with Gasteiger partial charge in [0.2, 0.25) is 0 Å². The van der Waals surface area contributed by atoms with Crippen LogP contribution in [0, 0.1) is 0 Å². The Labute approximate surface area is 65.3 Å². The molecule has 0 rings (SSSR count). The topological polar surface area (TPSA) is 23.1 Å². The van der Waals surface area contributed by atoms with E-state index in [2.05, 4.69) is 0 Å². The molecule has 0 heterocycles. The summed E-state index contributed by atoms with van der Waals surface area (Å²) in [6.07, 6.45) is 3.28. The third kappa shape index (κ3) is 28.8. The van der Waals surface area contributed by atoms with Crippen LogP contribution in [-0.4, -0.2) is 54.8 Å². The first-order valence-corrected chi connectivity index (χ1v) is 2.95. The van der Waals surface area contributed by atoms with E-state index in [1.807, 2.05) is 0 Å². The summed E-state index contributed by atoms with van der Waals surface area (Å²) >= 11 is -0.611. The van der Waals surface area contributed by atoms with E-state index in [4.69, 9.17) is 0 Å². The number of hydrogen-bond donors (Lipinski definition) is 0. The van der Waals surface area contributed by atoms with Gasteiger partial charge in [-0.2, -0.15) is 0 Å². The van der Waals surface area contributed by atoms with Crippen LogP contribution in [0.5, 0.6) is 0 Å². The zero-order valence-electron chi connectivity index (χ0n) is 2.82. The second kappa shape index (κ2) is 5.57. The first-order valence-electron chi connectivity index (χ1n) is 0.983. The van der Waals surface area contributed by atoms with Crippen molar-refractivity contribution in [1.29, 1.82) is 0 Å². The van der Waals surface area contributed by atoms with Crippen molar-refractivity contribution in [2.45, 2.75) is 0 Å². The van der Waals surface area contributed by atoms with Gasteiger partial charge in [0.25, 0.3) is 0 Å². The van der Waals surface area contributed by atoms with Gasteiger partial charge in [-0.3, -0.25) is 0 Å². The SMILES string of the molecule is C[S+](C)[O-].[CaH2]. The molecule has 0 aromatic carbocycles. The van der Waals surface area contributed by atoms with E-state index in [1.54, 1.807) is 12.5 Å². The molecule has 0 amide bonds. The van der Waals surface area contributed by atoms with E-state index in [1.165, 1.54) is 0 Å². The molecule has 0 aliphatic rings. The Kier molecular flexibility index (Phi) is 10.9. The quantitative estimate of drug-likeness (QED) is 0.299. The minimum atomic E-state index is -0.611. The first kappa shape index (κ1) is 9.76. The van der Waals surface area contributed by atoms with Crippen molar-refractivity contribution < 1.29 is 4.55 Å². The molecule has 0 saturated heterocycles. The van der Waals surface area contributed by atoms with Crippen LogP contribution in [0.1, 0.15) is 0 Å². The zero-order valence-corrected chi connectivity index (χ0v) is 3.63. The molecule has 0 radical (unpaired) electrons. The standard InChI is InChI=1S/C2H6OS.Ca.2H/c1-4(2)3;;;/h1-2H3;;;. The molecule has 0 bridgehead atoms. The Morgan fingerprint density at radius 2 is 1.40 bits per heavy atom. The third-order valence-corrected chi connectivity index (χ3v) is 0. The van der Waals surface area contributed by atoms with Crippen LogP contribution in [0.15, 0.2) is 0 Å². The molecule has 0 aromatic rings. The van der Waals surface area contributed by atoms with E-state index in [0.29, 0.717) is 0 Å². The summed E-state index contributed by atoms with van der Waals surface area (Å²) in [5.41, 5.74) is 0. The van der Waals surface area contributed by atoms with Gasteiger partial charge in [-0.05, 0) is 0 Å². The van der Waals surface area contributed by atoms with Crippen LogP contribution < -0.4 is 0 Å². The van der Waals surface area contributed by atoms with E-state index in [0.717, 1.165) is 0 Å². The van der Waals surface area contributed by atoms with Crippen molar-refractivity contribution in [3.05, 3.63) is 0 Å². The molecular formula is C2H8CaOS. The van der Waals surface area contributed by atoms with Crippen LogP contribution in [-0.2, 0) is 11.2 Å². The average Bonchev–Trinajstić information content (AvgIpc) is 0.811. The maximum atomic E-state index is 9.56. The maximum absolute atomic E-state index is 9.56. The molecule has 30 valence electrons. The summed E-state index contributed by atoms with van der Waals surface area (Å²) < 4.78 is 9.56. The second-order valence-corrected chi connectivity index (χ2v) is 2.22. The van der Waals surface area contributed by atoms with Crippen molar-refractivity contribution in [2.75, 3.05) is 12.5 Å². The molecule has 0 atom stereocenters. The molecule has 0 spiro atoms. The summed E-state index contributed by atoms with van der Waals surface area (Å²) in [6, 6.07) is 0. The van der Waals surface area contributed by atoms with Crippen LogP contribution in [0.2, 0.25) is 0 Å². The van der Waals surface area contributed by atoms with Crippen molar-refractivity contribution in [3.8, 4) is 0 Å². The minimum absolute atomic E-state index is 0.